The molecule has 1 aromatic carbocycles. The summed E-state index contributed by atoms with van der Waals surface area (Å²) in [7, 11) is 0. The first-order valence-corrected chi connectivity index (χ1v) is 8.96. The van der Waals surface area contributed by atoms with E-state index in [0.717, 1.165) is 16.9 Å². The van der Waals surface area contributed by atoms with Crippen molar-refractivity contribution in [3.05, 3.63) is 46.8 Å². The zero-order valence-corrected chi connectivity index (χ0v) is 15.7. The van der Waals surface area contributed by atoms with E-state index in [1.54, 1.807) is 4.90 Å². The highest BCUT2D eigenvalue weighted by Gasteiger charge is 2.35. The van der Waals surface area contributed by atoms with Gasteiger partial charge in [0.1, 0.15) is 5.76 Å². The Labute approximate surface area is 153 Å². The fourth-order valence-corrected chi connectivity index (χ4v) is 3.25. The molecule has 138 valence electrons. The summed E-state index contributed by atoms with van der Waals surface area (Å²) in [5.41, 5.74) is 3.75. The number of carbonyl (C=O) groups excluding carboxylic acids is 2. The highest BCUT2D eigenvalue weighted by atomic mass is 16.5. The third-order valence-electron chi connectivity index (χ3n) is 4.99. The van der Waals surface area contributed by atoms with E-state index < -0.39 is 0 Å². The highest BCUT2D eigenvalue weighted by molar-refractivity contribution is 6.00. The first-order chi connectivity index (χ1) is 12.4. The van der Waals surface area contributed by atoms with Gasteiger partial charge in [-0.2, -0.15) is 0 Å². The van der Waals surface area contributed by atoms with Gasteiger partial charge >= 0.3 is 0 Å². The molecule has 1 aromatic heterocycles. The summed E-state index contributed by atoms with van der Waals surface area (Å²) in [5, 5.41) is 6.79. The minimum Gasteiger partial charge on any atom is -0.361 e. The molecule has 1 aliphatic rings. The van der Waals surface area contributed by atoms with Crippen LogP contribution >= 0.6 is 0 Å². The Morgan fingerprint density at radius 3 is 2.58 bits per heavy atom. The molecule has 0 aliphatic carbocycles. The molecule has 1 N–H and O–H groups in total. The summed E-state index contributed by atoms with van der Waals surface area (Å²) < 4.78 is 5.11. The van der Waals surface area contributed by atoms with Crippen molar-refractivity contribution in [3.63, 3.8) is 0 Å². The van der Waals surface area contributed by atoms with Gasteiger partial charge in [0.05, 0.1) is 11.6 Å². The van der Waals surface area contributed by atoms with Crippen molar-refractivity contribution < 1.29 is 14.1 Å². The first kappa shape index (κ1) is 18.2. The van der Waals surface area contributed by atoms with Crippen LogP contribution in [0.4, 0.5) is 5.69 Å². The van der Waals surface area contributed by atoms with E-state index in [4.69, 9.17) is 4.52 Å². The van der Waals surface area contributed by atoms with Gasteiger partial charge in [0.25, 0.3) is 0 Å². The van der Waals surface area contributed by atoms with Crippen molar-refractivity contribution >= 4 is 17.5 Å². The lowest BCUT2D eigenvalue weighted by atomic mass is 10.0. The Hall–Kier alpha value is -2.63. The van der Waals surface area contributed by atoms with E-state index in [-0.39, 0.29) is 24.2 Å². The Morgan fingerprint density at radius 1 is 1.31 bits per heavy atom. The van der Waals surface area contributed by atoms with Gasteiger partial charge in [-0.3, -0.25) is 9.59 Å². The Balaban J connectivity index is 1.62. The van der Waals surface area contributed by atoms with Crippen LogP contribution in [0.3, 0.4) is 0 Å². The van der Waals surface area contributed by atoms with E-state index >= 15 is 0 Å². The predicted molar refractivity (Wildman–Crippen MR) is 98.8 cm³/mol. The van der Waals surface area contributed by atoms with Crippen LogP contribution in [0.2, 0.25) is 0 Å². The normalized spacial score (nSPS) is 17.2. The van der Waals surface area contributed by atoms with Crippen LogP contribution in [0, 0.1) is 19.8 Å². The number of carbonyl (C=O) groups is 2. The molecule has 26 heavy (non-hydrogen) atoms. The van der Waals surface area contributed by atoms with Crippen LogP contribution in [-0.2, 0) is 16.1 Å². The lowest BCUT2D eigenvalue weighted by molar-refractivity contribution is -0.126. The maximum atomic E-state index is 12.5. The van der Waals surface area contributed by atoms with Crippen LogP contribution in [0.5, 0.6) is 0 Å². The number of nitrogens with zero attached hydrogens (tertiary/aromatic N) is 2. The summed E-state index contributed by atoms with van der Waals surface area (Å²) in [4.78, 5) is 26.6. The monoisotopic (exact) mass is 355 g/mol. The Morgan fingerprint density at radius 2 is 2.00 bits per heavy atom. The average molecular weight is 355 g/mol. The molecule has 1 saturated heterocycles. The number of hydrogen-bond donors (Lipinski definition) is 1. The van der Waals surface area contributed by atoms with Crippen molar-refractivity contribution in [2.45, 2.75) is 46.6 Å². The minimum atomic E-state index is -0.340. The minimum absolute atomic E-state index is 0.0141. The van der Waals surface area contributed by atoms with Gasteiger partial charge in [-0.1, -0.05) is 31.1 Å². The molecule has 2 heterocycles. The third kappa shape index (κ3) is 3.64. The van der Waals surface area contributed by atoms with Crippen molar-refractivity contribution in [1.82, 2.24) is 10.5 Å². The lowest BCUT2D eigenvalue weighted by Crippen LogP contribution is -2.32. The fourth-order valence-electron chi connectivity index (χ4n) is 3.25. The quantitative estimate of drug-likeness (QED) is 0.894. The molecule has 0 bridgehead atoms. The lowest BCUT2D eigenvalue weighted by Gasteiger charge is -2.17. The van der Waals surface area contributed by atoms with Crippen LogP contribution in [0.1, 0.15) is 48.8 Å². The SMILES string of the molecule is Cc1noc(C)c1CNC(=O)C1CC(=O)N(c2ccc(C(C)C)cc2)C1. The van der Waals surface area contributed by atoms with Crippen LogP contribution in [-0.4, -0.2) is 23.5 Å². The number of rotatable bonds is 5. The van der Waals surface area contributed by atoms with Gasteiger partial charge < -0.3 is 14.7 Å². The van der Waals surface area contributed by atoms with E-state index in [2.05, 4.69) is 24.3 Å². The molecule has 2 amide bonds. The highest BCUT2D eigenvalue weighted by Crippen LogP contribution is 2.27. The number of aryl methyl sites for hydroxylation is 2. The number of nitrogens with one attached hydrogen (secondary N) is 1. The van der Waals surface area contributed by atoms with Crippen LogP contribution < -0.4 is 10.2 Å². The smallest absolute Gasteiger partial charge is 0.227 e. The van der Waals surface area contributed by atoms with E-state index in [9.17, 15) is 9.59 Å². The topological polar surface area (TPSA) is 75.4 Å². The standard InChI is InChI=1S/C20H25N3O3/c1-12(2)15-5-7-17(8-6-15)23-11-16(9-19(23)24)20(25)21-10-18-13(3)22-26-14(18)4/h5-8,12,16H,9-11H2,1-4H3,(H,21,25). The largest absolute Gasteiger partial charge is 0.361 e. The van der Waals surface area contributed by atoms with Crippen LogP contribution in [0.15, 0.2) is 28.8 Å². The number of aromatic nitrogens is 1. The van der Waals surface area contributed by atoms with Crippen molar-refractivity contribution in [1.29, 1.82) is 0 Å². The average Bonchev–Trinajstić information content (AvgIpc) is 3.16. The summed E-state index contributed by atoms with van der Waals surface area (Å²) in [6.07, 6.45) is 0.235. The van der Waals surface area contributed by atoms with Gasteiger partial charge in [0.15, 0.2) is 0 Å². The molecule has 1 fully saturated rings. The molecule has 1 atom stereocenters. The molecular formula is C20H25N3O3. The number of hydrogen-bond acceptors (Lipinski definition) is 4. The summed E-state index contributed by atoms with van der Waals surface area (Å²) in [6.45, 7) is 8.72. The first-order valence-electron chi connectivity index (χ1n) is 8.96. The molecular weight excluding hydrogens is 330 g/mol. The molecule has 2 aromatic rings. The zero-order valence-electron chi connectivity index (χ0n) is 15.7. The number of benzene rings is 1. The molecule has 1 aliphatic heterocycles. The second-order valence-corrected chi connectivity index (χ2v) is 7.17. The molecule has 3 rings (SSSR count). The van der Waals surface area contributed by atoms with Crippen molar-refractivity contribution in [3.8, 4) is 0 Å². The van der Waals surface area contributed by atoms with Gasteiger partial charge in [0, 0.05) is 30.8 Å². The number of amides is 2. The second-order valence-electron chi connectivity index (χ2n) is 7.17. The fraction of sp³-hybridized carbons (Fsp3) is 0.450. The maximum Gasteiger partial charge on any atom is 0.227 e. The van der Waals surface area contributed by atoms with Gasteiger partial charge in [-0.25, -0.2) is 0 Å². The summed E-state index contributed by atoms with van der Waals surface area (Å²) in [6, 6.07) is 7.99. The Kier molecular flexibility index (Phi) is 5.11. The molecule has 6 nitrogen and oxygen atoms in total. The molecule has 0 saturated carbocycles. The molecule has 0 radical (unpaired) electrons. The van der Waals surface area contributed by atoms with Crippen molar-refractivity contribution in [2.24, 2.45) is 5.92 Å². The summed E-state index contributed by atoms with van der Waals surface area (Å²) in [5.74, 6) is 0.686. The van der Waals surface area contributed by atoms with Crippen LogP contribution in [0.25, 0.3) is 0 Å². The predicted octanol–water partition coefficient (Wildman–Crippen LogP) is 3.08. The van der Waals surface area contributed by atoms with Gasteiger partial charge in [0.2, 0.25) is 11.8 Å². The molecule has 6 heteroatoms. The second kappa shape index (κ2) is 7.32. The van der Waals surface area contributed by atoms with Gasteiger partial charge in [-0.05, 0) is 37.5 Å². The van der Waals surface area contributed by atoms with E-state index in [1.165, 1.54) is 5.56 Å². The van der Waals surface area contributed by atoms with E-state index in [1.807, 2.05) is 38.1 Å². The van der Waals surface area contributed by atoms with E-state index in [0.29, 0.717) is 24.8 Å². The third-order valence-corrected chi connectivity index (χ3v) is 4.99. The number of anilines is 1. The Bertz CT molecular complexity index is 789. The molecule has 1 unspecified atom stereocenters. The molecule has 0 spiro atoms. The van der Waals surface area contributed by atoms with Gasteiger partial charge in [-0.15, -0.1) is 0 Å². The van der Waals surface area contributed by atoms with Crippen molar-refractivity contribution in [2.75, 3.05) is 11.4 Å². The zero-order chi connectivity index (χ0) is 18.8. The maximum absolute atomic E-state index is 12.5. The summed E-state index contributed by atoms with van der Waals surface area (Å²) >= 11 is 0.